The number of carbonyl (C=O) groups is 1. The molecule has 2 rings (SSSR count). The first kappa shape index (κ1) is 14.9. The first-order valence-electron chi connectivity index (χ1n) is 5.32. The molecule has 0 amide bonds. The molecule has 0 atom stereocenters. The molecular formula is C11H9ClN2O4S2. The van der Waals surface area contributed by atoms with Gasteiger partial charge in [0.05, 0.1) is 22.1 Å². The van der Waals surface area contributed by atoms with Gasteiger partial charge in [-0.25, -0.2) is 17.9 Å². The fraction of sp³-hybridized carbons (Fsp3) is 0.0909. The van der Waals surface area contributed by atoms with E-state index in [4.69, 9.17) is 16.7 Å². The van der Waals surface area contributed by atoms with Gasteiger partial charge in [0, 0.05) is 6.20 Å². The molecule has 9 heteroatoms. The Balaban J connectivity index is 2.12. The summed E-state index contributed by atoms with van der Waals surface area (Å²) in [7, 11) is -3.67. The summed E-state index contributed by atoms with van der Waals surface area (Å²) in [6.45, 7) is -0.0982. The van der Waals surface area contributed by atoms with E-state index in [0.29, 0.717) is 10.0 Å². The molecule has 6 nitrogen and oxygen atoms in total. The molecule has 0 unspecified atom stereocenters. The number of nitrogens with zero attached hydrogens (tertiary/aromatic N) is 1. The highest BCUT2D eigenvalue weighted by atomic mass is 35.5. The molecule has 0 fully saturated rings. The van der Waals surface area contributed by atoms with Gasteiger partial charge in [0.25, 0.3) is 0 Å². The normalized spacial score (nSPS) is 11.4. The summed E-state index contributed by atoms with van der Waals surface area (Å²) in [5, 5.41) is 8.84. The van der Waals surface area contributed by atoms with Crippen LogP contribution in [0, 0.1) is 0 Å². The van der Waals surface area contributed by atoms with Crippen LogP contribution >= 0.6 is 22.9 Å². The van der Waals surface area contributed by atoms with Crippen LogP contribution in [0.3, 0.4) is 0 Å². The predicted molar refractivity (Wildman–Crippen MR) is 74.6 cm³/mol. The Bertz CT molecular complexity index is 742. The minimum Gasteiger partial charge on any atom is -0.478 e. The minimum atomic E-state index is -3.67. The largest absolute Gasteiger partial charge is 0.478 e. The van der Waals surface area contributed by atoms with Gasteiger partial charge in [0.15, 0.2) is 0 Å². The molecular weight excluding hydrogens is 324 g/mol. The maximum absolute atomic E-state index is 11.9. The van der Waals surface area contributed by atoms with Gasteiger partial charge in [0.1, 0.15) is 4.21 Å². The molecule has 106 valence electrons. The molecule has 2 aromatic rings. The molecule has 0 saturated heterocycles. The lowest BCUT2D eigenvalue weighted by atomic mass is 10.2. The van der Waals surface area contributed by atoms with Crippen molar-refractivity contribution in [2.24, 2.45) is 0 Å². The second-order valence-corrected chi connectivity index (χ2v) is 7.43. The van der Waals surface area contributed by atoms with E-state index in [1.165, 1.54) is 30.5 Å². The van der Waals surface area contributed by atoms with Crippen molar-refractivity contribution in [3.8, 4) is 0 Å². The molecule has 0 saturated carbocycles. The van der Waals surface area contributed by atoms with Gasteiger partial charge in [-0.1, -0.05) is 11.6 Å². The third-order valence-electron chi connectivity index (χ3n) is 2.32. The van der Waals surface area contributed by atoms with Gasteiger partial charge in [0.2, 0.25) is 10.0 Å². The Morgan fingerprint density at radius 3 is 2.75 bits per heavy atom. The quantitative estimate of drug-likeness (QED) is 0.872. The van der Waals surface area contributed by atoms with Crippen LogP contribution in [-0.2, 0) is 16.6 Å². The predicted octanol–water partition coefficient (Wildman–Crippen LogP) is 1.97. The number of hydrogen-bond donors (Lipinski definition) is 2. The fourth-order valence-electron chi connectivity index (χ4n) is 1.39. The van der Waals surface area contributed by atoms with Gasteiger partial charge in [-0.15, -0.1) is 11.3 Å². The molecule has 0 aromatic carbocycles. The zero-order chi connectivity index (χ0) is 14.8. The number of rotatable bonds is 5. The summed E-state index contributed by atoms with van der Waals surface area (Å²) in [6, 6.07) is 5.53. The first-order chi connectivity index (χ1) is 9.38. The lowest BCUT2D eigenvalue weighted by Gasteiger charge is -2.04. The van der Waals surface area contributed by atoms with Crippen molar-refractivity contribution >= 4 is 38.9 Å². The maximum atomic E-state index is 11.9. The van der Waals surface area contributed by atoms with Crippen LogP contribution in [0.1, 0.15) is 16.1 Å². The summed E-state index contributed by atoms with van der Waals surface area (Å²) >= 11 is 6.63. The number of aromatic carboxylic acids is 1. The van der Waals surface area contributed by atoms with Crippen molar-refractivity contribution in [2.75, 3.05) is 0 Å². The van der Waals surface area contributed by atoms with Gasteiger partial charge < -0.3 is 5.11 Å². The van der Waals surface area contributed by atoms with Crippen molar-refractivity contribution in [1.82, 2.24) is 9.71 Å². The Kier molecular flexibility index (Phi) is 4.39. The number of nitrogens with one attached hydrogen (secondary N) is 1. The lowest BCUT2D eigenvalue weighted by molar-refractivity contribution is 0.0696. The van der Waals surface area contributed by atoms with Gasteiger partial charge >= 0.3 is 5.97 Å². The number of pyridine rings is 1. The van der Waals surface area contributed by atoms with E-state index in [2.05, 4.69) is 9.71 Å². The van der Waals surface area contributed by atoms with Crippen molar-refractivity contribution < 1.29 is 18.3 Å². The molecule has 2 N–H and O–H groups in total. The number of carboxylic acid groups (broad SMARTS) is 1. The standard InChI is InChI=1S/C11H9ClN2O4S2/c12-9-1-2-10(19-9)20(17,18)14-6-8-5-7(11(15)16)3-4-13-8/h1-5,14H,6H2,(H,15,16). The van der Waals surface area contributed by atoms with Crippen molar-refractivity contribution in [3.05, 3.63) is 46.1 Å². The molecule has 0 aliphatic heterocycles. The zero-order valence-corrected chi connectivity index (χ0v) is 12.3. The molecule has 0 bridgehead atoms. The van der Waals surface area contributed by atoms with Gasteiger partial charge in [-0.2, -0.15) is 0 Å². The highest BCUT2D eigenvalue weighted by Gasteiger charge is 2.16. The van der Waals surface area contributed by atoms with E-state index < -0.39 is 16.0 Å². The second kappa shape index (κ2) is 5.88. The molecule has 0 aliphatic carbocycles. The number of carboxylic acids is 1. The second-order valence-electron chi connectivity index (χ2n) is 3.72. The highest BCUT2D eigenvalue weighted by molar-refractivity contribution is 7.91. The van der Waals surface area contributed by atoms with Crippen LogP contribution < -0.4 is 4.72 Å². The van der Waals surface area contributed by atoms with Gasteiger partial charge in [-0.05, 0) is 24.3 Å². The van der Waals surface area contributed by atoms with Crippen LogP contribution in [0.2, 0.25) is 4.34 Å². The summed E-state index contributed by atoms with van der Waals surface area (Å²) in [5.41, 5.74) is 0.365. The Morgan fingerprint density at radius 1 is 1.40 bits per heavy atom. The summed E-state index contributed by atoms with van der Waals surface area (Å²) < 4.78 is 26.7. The number of thiophene rings is 1. The number of halogens is 1. The topological polar surface area (TPSA) is 96.4 Å². The van der Waals surface area contributed by atoms with Crippen molar-refractivity contribution in [3.63, 3.8) is 0 Å². The third-order valence-corrected chi connectivity index (χ3v) is 5.44. The number of hydrogen-bond acceptors (Lipinski definition) is 5. The third kappa shape index (κ3) is 3.54. The first-order valence-corrected chi connectivity index (χ1v) is 7.99. The molecule has 0 aliphatic rings. The molecule has 20 heavy (non-hydrogen) atoms. The molecule has 2 heterocycles. The zero-order valence-electron chi connectivity index (χ0n) is 9.91. The summed E-state index contributed by atoms with van der Waals surface area (Å²) in [5.74, 6) is -1.10. The number of sulfonamides is 1. The van der Waals surface area contributed by atoms with E-state index >= 15 is 0 Å². The smallest absolute Gasteiger partial charge is 0.335 e. The summed E-state index contributed by atoms with van der Waals surface area (Å²) in [4.78, 5) is 14.7. The van der Waals surface area contributed by atoms with Crippen LogP contribution in [-0.4, -0.2) is 24.5 Å². The average molecular weight is 333 g/mol. The van der Waals surface area contributed by atoms with Crippen molar-refractivity contribution in [1.29, 1.82) is 0 Å². The minimum absolute atomic E-state index is 0.0494. The molecule has 2 aromatic heterocycles. The average Bonchev–Trinajstić information content (AvgIpc) is 2.84. The lowest BCUT2D eigenvalue weighted by Crippen LogP contribution is -2.23. The van der Waals surface area contributed by atoms with Crippen molar-refractivity contribution in [2.45, 2.75) is 10.8 Å². The fourth-order valence-corrected chi connectivity index (χ4v) is 3.92. The Morgan fingerprint density at radius 2 is 2.15 bits per heavy atom. The van der Waals surface area contributed by atoms with E-state index in [1.807, 2.05) is 0 Å². The monoisotopic (exact) mass is 332 g/mol. The van der Waals surface area contributed by atoms with Gasteiger partial charge in [-0.3, -0.25) is 4.98 Å². The highest BCUT2D eigenvalue weighted by Crippen LogP contribution is 2.25. The number of aromatic nitrogens is 1. The van der Waals surface area contributed by atoms with Crippen LogP contribution in [0.4, 0.5) is 0 Å². The van der Waals surface area contributed by atoms with Crippen LogP contribution in [0.5, 0.6) is 0 Å². The van der Waals surface area contributed by atoms with E-state index in [0.717, 1.165) is 11.3 Å². The van der Waals surface area contributed by atoms with E-state index in [-0.39, 0.29) is 16.3 Å². The Hall–Kier alpha value is -1.48. The van der Waals surface area contributed by atoms with Crippen LogP contribution in [0.15, 0.2) is 34.7 Å². The van der Waals surface area contributed by atoms with Crippen LogP contribution in [0.25, 0.3) is 0 Å². The molecule has 0 radical (unpaired) electrons. The summed E-state index contributed by atoms with van der Waals surface area (Å²) in [6.07, 6.45) is 1.31. The Labute approximate surface area is 124 Å². The van der Waals surface area contributed by atoms with E-state index in [1.54, 1.807) is 0 Å². The maximum Gasteiger partial charge on any atom is 0.335 e. The SMILES string of the molecule is O=C(O)c1ccnc(CNS(=O)(=O)c2ccc(Cl)s2)c1. The van der Waals surface area contributed by atoms with E-state index in [9.17, 15) is 13.2 Å². The molecule has 0 spiro atoms.